The summed E-state index contributed by atoms with van der Waals surface area (Å²) in [5, 5.41) is 0. The molecule has 0 N–H and O–H groups in total. The molecule has 0 aliphatic heterocycles. The maximum absolute atomic E-state index is 4.82. The van der Waals surface area contributed by atoms with Gasteiger partial charge in [-0.1, -0.05) is 36.4 Å². The Hall–Kier alpha value is -0.961. The van der Waals surface area contributed by atoms with Crippen molar-refractivity contribution in [3.63, 3.8) is 0 Å². The third-order valence-electron chi connectivity index (χ3n) is 4.67. The molecule has 29 heavy (non-hydrogen) atoms. The van der Waals surface area contributed by atoms with Crippen LogP contribution in [0.2, 0.25) is 0 Å². The van der Waals surface area contributed by atoms with E-state index >= 15 is 0 Å². The van der Waals surface area contributed by atoms with Gasteiger partial charge in [-0.05, 0) is 63.1 Å². The van der Waals surface area contributed by atoms with Crippen LogP contribution >= 0.6 is 40.7 Å². The van der Waals surface area contributed by atoms with E-state index in [2.05, 4.69) is 104 Å². The standard InChI is InChI=1S/C23H25N3.Fe.2HI/c1-16-10-6-8-12-20(16)24-18(3)22-14-15-23(26(22)5)19(4)25-21-13-9-7-11-17(21)2;;;/h6-15H,1-5H3;;2*1H/q;+2;;/p-2. The van der Waals surface area contributed by atoms with Crippen LogP contribution in [0.5, 0.6) is 0 Å². The molecule has 0 radical (unpaired) electrons. The van der Waals surface area contributed by atoms with Crippen LogP contribution in [0, 0.1) is 13.8 Å². The molecule has 0 saturated carbocycles. The van der Waals surface area contributed by atoms with Gasteiger partial charge in [0.25, 0.3) is 0 Å². The first kappa shape index (κ1) is 24.3. The summed E-state index contributed by atoms with van der Waals surface area (Å²) >= 11 is 4.55. The number of hydrogen-bond acceptors (Lipinski definition) is 2. The van der Waals surface area contributed by atoms with Crippen LogP contribution in [-0.4, -0.2) is 16.0 Å². The number of halogens is 2. The molecule has 2 aromatic carbocycles. The molecule has 154 valence electrons. The van der Waals surface area contributed by atoms with Gasteiger partial charge in [-0.15, -0.1) is 0 Å². The molecule has 3 rings (SSSR count). The average Bonchev–Trinajstić information content (AvgIpc) is 3.08. The third kappa shape index (κ3) is 6.77. The number of benzene rings is 2. The van der Waals surface area contributed by atoms with E-state index in [1.807, 2.05) is 36.4 Å². The monoisotopic (exact) mass is 653 g/mol. The van der Waals surface area contributed by atoms with Crippen molar-refractivity contribution in [1.82, 2.24) is 4.57 Å². The molecule has 1 heterocycles. The number of hydrogen-bond donors (Lipinski definition) is 0. The fraction of sp³-hybridized carbons (Fsp3) is 0.217. The van der Waals surface area contributed by atoms with Gasteiger partial charge < -0.3 is 4.57 Å². The fourth-order valence-electron chi connectivity index (χ4n) is 3.09. The first-order valence-electron chi connectivity index (χ1n) is 9.12. The van der Waals surface area contributed by atoms with Gasteiger partial charge >= 0.3 is 49.1 Å². The molecular formula is C23H25FeI2N3. The van der Waals surface area contributed by atoms with Gasteiger partial charge in [-0.2, -0.15) is 0 Å². The summed E-state index contributed by atoms with van der Waals surface area (Å²) in [7, 11) is 3.26. The Balaban J connectivity index is 0.000000941. The zero-order chi connectivity index (χ0) is 21.4. The Morgan fingerprint density at radius 3 is 1.41 bits per heavy atom. The summed E-state index contributed by atoms with van der Waals surface area (Å²) < 4.78 is 2.16. The van der Waals surface area contributed by atoms with Crippen LogP contribution in [0.15, 0.2) is 70.6 Å². The van der Waals surface area contributed by atoms with Crippen LogP contribution in [0.3, 0.4) is 0 Å². The second kappa shape index (κ2) is 12.0. The molecule has 0 atom stereocenters. The molecule has 0 saturated heterocycles. The van der Waals surface area contributed by atoms with E-state index in [1.165, 1.54) is 19.6 Å². The zero-order valence-corrected chi connectivity index (χ0v) is 22.6. The molecule has 0 unspecified atom stereocenters. The van der Waals surface area contributed by atoms with Crippen molar-refractivity contribution in [2.75, 3.05) is 0 Å². The van der Waals surface area contributed by atoms with Crippen LogP contribution in [0.1, 0.15) is 36.4 Å². The number of nitrogens with zero attached hydrogens (tertiary/aromatic N) is 3. The van der Waals surface area contributed by atoms with Crippen molar-refractivity contribution in [1.29, 1.82) is 0 Å². The third-order valence-corrected chi connectivity index (χ3v) is 4.67. The first-order valence-corrected chi connectivity index (χ1v) is 16.2. The summed E-state index contributed by atoms with van der Waals surface area (Å²) in [5.74, 6) is 0. The number of para-hydroxylation sites is 2. The van der Waals surface area contributed by atoms with Gasteiger partial charge in [-0.25, -0.2) is 0 Å². The Morgan fingerprint density at radius 2 is 1.07 bits per heavy atom. The van der Waals surface area contributed by atoms with Crippen molar-refractivity contribution in [2.24, 2.45) is 17.0 Å². The average molecular weight is 653 g/mol. The normalized spacial score (nSPS) is 12.0. The predicted octanol–water partition coefficient (Wildman–Crippen LogP) is 7.69. The molecule has 6 heteroatoms. The number of aryl methyl sites for hydroxylation is 2. The van der Waals surface area contributed by atoms with E-state index < -0.39 is 0 Å². The second-order valence-electron chi connectivity index (χ2n) is 6.68. The van der Waals surface area contributed by atoms with Crippen LogP contribution in [0.4, 0.5) is 11.4 Å². The zero-order valence-electron chi connectivity index (χ0n) is 17.2. The summed E-state index contributed by atoms with van der Waals surface area (Å²) in [4.78, 5) is 9.63. The Kier molecular flexibility index (Phi) is 10.1. The van der Waals surface area contributed by atoms with E-state index in [-0.39, 0.29) is 0 Å². The molecule has 3 aromatic rings. The van der Waals surface area contributed by atoms with E-state index in [0.29, 0.717) is 0 Å². The molecule has 3 nitrogen and oxygen atoms in total. The number of aromatic nitrogens is 1. The quantitative estimate of drug-likeness (QED) is 0.157. The van der Waals surface area contributed by atoms with Gasteiger partial charge in [0.05, 0.1) is 34.2 Å². The SMILES string of the molecule is CC(=Nc1ccccc1C)c1ccc(C(C)=Nc2ccccc2C)n1C.[I][Fe][I]. The molecule has 0 aliphatic rings. The van der Waals surface area contributed by atoms with Crippen molar-refractivity contribution < 1.29 is 8.46 Å². The second-order valence-corrected chi connectivity index (χ2v) is 16.0. The van der Waals surface area contributed by atoms with Gasteiger partial charge in [0.1, 0.15) is 0 Å². The minimum atomic E-state index is 0.997. The Bertz CT molecular complexity index is 943. The van der Waals surface area contributed by atoms with Crippen molar-refractivity contribution in [3.05, 3.63) is 83.2 Å². The van der Waals surface area contributed by atoms with Gasteiger partial charge in [0.2, 0.25) is 0 Å². The van der Waals surface area contributed by atoms with E-state index in [4.69, 9.17) is 9.98 Å². The maximum atomic E-state index is 4.82. The topological polar surface area (TPSA) is 29.6 Å². The molecule has 0 bridgehead atoms. The van der Waals surface area contributed by atoms with E-state index in [9.17, 15) is 0 Å². The van der Waals surface area contributed by atoms with Crippen LogP contribution in [0.25, 0.3) is 0 Å². The van der Waals surface area contributed by atoms with Crippen molar-refractivity contribution in [3.8, 4) is 0 Å². The summed E-state index contributed by atoms with van der Waals surface area (Å²) in [6, 6.07) is 20.6. The van der Waals surface area contributed by atoms with Gasteiger partial charge in [0, 0.05) is 7.05 Å². The summed E-state index contributed by atoms with van der Waals surface area (Å²) in [6.07, 6.45) is 0. The minimum absolute atomic E-state index is 0.997. The van der Waals surface area contributed by atoms with Gasteiger partial charge in [-0.3, -0.25) is 9.98 Å². The molecule has 0 spiro atoms. The fourth-order valence-corrected chi connectivity index (χ4v) is 3.09. The van der Waals surface area contributed by atoms with E-state index in [1.54, 1.807) is 0 Å². The number of rotatable bonds is 4. The first-order chi connectivity index (χ1) is 13.9. The Labute approximate surface area is 202 Å². The molecule has 1 aromatic heterocycles. The van der Waals surface area contributed by atoms with E-state index in [0.717, 1.165) is 34.2 Å². The summed E-state index contributed by atoms with van der Waals surface area (Å²) in [6.45, 7) is 8.28. The molecular weight excluding hydrogens is 628 g/mol. The summed E-state index contributed by atoms with van der Waals surface area (Å²) in [5.41, 5.74) is 8.58. The van der Waals surface area contributed by atoms with Crippen molar-refractivity contribution >= 4 is 63.5 Å². The van der Waals surface area contributed by atoms with Crippen LogP contribution in [-0.2, 0) is 15.5 Å². The number of aliphatic imine (C=N–C) groups is 2. The Morgan fingerprint density at radius 1 is 0.724 bits per heavy atom. The van der Waals surface area contributed by atoms with Crippen molar-refractivity contribution in [2.45, 2.75) is 27.7 Å². The van der Waals surface area contributed by atoms with Gasteiger partial charge in [0.15, 0.2) is 0 Å². The van der Waals surface area contributed by atoms with Crippen LogP contribution < -0.4 is 0 Å². The molecule has 0 aliphatic carbocycles. The molecule has 0 fully saturated rings. The molecule has 0 amide bonds. The predicted molar refractivity (Wildman–Crippen MR) is 140 cm³/mol.